The Bertz CT molecular complexity index is 579. The van der Waals surface area contributed by atoms with Crippen molar-refractivity contribution in [3.05, 3.63) is 35.8 Å². The van der Waals surface area contributed by atoms with E-state index in [2.05, 4.69) is 34.6 Å². The lowest BCUT2D eigenvalue weighted by Crippen LogP contribution is -2.15. The average Bonchev–Trinajstić information content (AvgIpc) is 3.12. The summed E-state index contributed by atoms with van der Waals surface area (Å²) in [6.45, 7) is 4.53. The maximum absolute atomic E-state index is 5.66. The van der Waals surface area contributed by atoms with Crippen LogP contribution in [0.5, 0.6) is 0 Å². The fourth-order valence-electron chi connectivity index (χ4n) is 2.56. The second-order valence-corrected chi connectivity index (χ2v) is 6.52. The van der Waals surface area contributed by atoms with E-state index in [0.717, 1.165) is 49.1 Å². The molecule has 0 unspecified atom stereocenters. The number of imidazole rings is 1. The molecule has 0 radical (unpaired) electrons. The Balaban J connectivity index is 1.37. The van der Waals surface area contributed by atoms with Gasteiger partial charge in [-0.15, -0.1) is 0 Å². The highest BCUT2D eigenvalue weighted by Gasteiger charge is 2.14. The fourth-order valence-corrected chi connectivity index (χ4v) is 3.29. The van der Waals surface area contributed by atoms with Crippen LogP contribution in [0.3, 0.4) is 0 Å². The van der Waals surface area contributed by atoms with E-state index in [0.29, 0.717) is 6.10 Å². The number of aryl methyl sites for hydroxylation is 1. The first-order valence-electron chi connectivity index (χ1n) is 7.53. The predicted octanol–water partition coefficient (Wildman–Crippen LogP) is 3.07. The molecule has 2 aromatic heterocycles. The standard InChI is InChI=1S/C16H22N2O2S/c1-13-4-2-6-18-10-14(17-16(13)18)12-21-9-8-19-11-15-5-3-7-20-15/h2,4,6,10,15H,3,5,7-9,11-12H2,1H3/t15-/m1/s1. The van der Waals surface area contributed by atoms with E-state index >= 15 is 0 Å². The van der Waals surface area contributed by atoms with E-state index in [1.165, 1.54) is 12.0 Å². The summed E-state index contributed by atoms with van der Waals surface area (Å²) in [6, 6.07) is 4.15. The highest BCUT2D eigenvalue weighted by molar-refractivity contribution is 7.98. The van der Waals surface area contributed by atoms with Gasteiger partial charge in [-0.2, -0.15) is 11.8 Å². The maximum Gasteiger partial charge on any atom is 0.139 e. The minimum Gasteiger partial charge on any atom is -0.378 e. The van der Waals surface area contributed by atoms with Crippen molar-refractivity contribution in [3.63, 3.8) is 0 Å². The summed E-state index contributed by atoms with van der Waals surface area (Å²) < 4.78 is 13.3. The normalized spacial score (nSPS) is 18.6. The molecule has 1 saturated heterocycles. The summed E-state index contributed by atoms with van der Waals surface area (Å²) in [4.78, 5) is 4.67. The summed E-state index contributed by atoms with van der Waals surface area (Å²) in [5, 5.41) is 0. The van der Waals surface area contributed by atoms with E-state index in [-0.39, 0.29) is 0 Å². The number of aromatic nitrogens is 2. The zero-order valence-corrected chi connectivity index (χ0v) is 13.3. The van der Waals surface area contributed by atoms with Crippen LogP contribution in [0.2, 0.25) is 0 Å². The van der Waals surface area contributed by atoms with Crippen LogP contribution in [0, 0.1) is 6.92 Å². The molecule has 1 fully saturated rings. The molecule has 1 aliphatic rings. The molecule has 3 heterocycles. The van der Waals surface area contributed by atoms with Gasteiger partial charge in [0, 0.05) is 30.5 Å². The van der Waals surface area contributed by atoms with Crippen molar-refractivity contribution in [2.24, 2.45) is 0 Å². The first kappa shape index (κ1) is 14.9. The third-order valence-electron chi connectivity index (χ3n) is 3.68. The van der Waals surface area contributed by atoms with Gasteiger partial charge in [0.1, 0.15) is 5.65 Å². The van der Waals surface area contributed by atoms with E-state index in [1.807, 2.05) is 18.0 Å². The number of hydrogen-bond donors (Lipinski definition) is 0. The van der Waals surface area contributed by atoms with Gasteiger partial charge in [0.2, 0.25) is 0 Å². The third kappa shape index (κ3) is 3.99. The summed E-state index contributed by atoms with van der Waals surface area (Å²) in [5.41, 5.74) is 3.41. The molecule has 5 heteroatoms. The molecular formula is C16H22N2O2S. The van der Waals surface area contributed by atoms with Crippen molar-refractivity contribution < 1.29 is 9.47 Å². The highest BCUT2D eigenvalue weighted by Crippen LogP contribution is 2.15. The smallest absolute Gasteiger partial charge is 0.139 e. The highest BCUT2D eigenvalue weighted by atomic mass is 32.2. The molecule has 0 aliphatic carbocycles. The fraction of sp³-hybridized carbons (Fsp3) is 0.562. The van der Waals surface area contributed by atoms with Gasteiger partial charge in [0.05, 0.1) is 25.0 Å². The number of hydrogen-bond acceptors (Lipinski definition) is 4. The summed E-state index contributed by atoms with van der Waals surface area (Å²) in [5.74, 6) is 1.93. The molecule has 1 aliphatic heterocycles. The Hall–Kier alpha value is -1.04. The molecule has 0 bridgehead atoms. The van der Waals surface area contributed by atoms with Crippen LogP contribution in [-0.4, -0.2) is 41.1 Å². The van der Waals surface area contributed by atoms with E-state index < -0.39 is 0 Å². The van der Waals surface area contributed by atoms with Crippen molar-refractivity contribution in [1.82, 2.24) is 9.38 Å². The van der Waals surface area contributed by atoms with Crippen molar-refractivity contribution in [1.29, 1.82) is 0 Å². The van der Waals surface area contributed by atoms with Gasteiger partial charge in [0.15, 0.2) is 0 Å². The zero-order valence-electron chi connectivity index (χ0n) is 12.5. The molecule has 0 spiro atoms. The predicted molar refractivity (Wildman–Crippen MR) is 85.9 cm³/mol. The molecule has 21 heavy (non-hydrogen) atoms. The molecule has 3 rings (SSSR count). The van der Waals surface area contributed by atoms with E-state index in [1.54, 1.807) is 0 Å². The molecule has 1 atom stereocenters. The Kier molecular flexibility index (Phi) is 5.17. The molecule has 0 N–H and O–H groups in total. The lowest BCUT2D eigenvalue weighted by molar-refractivity contribution is 0.0226. The first-order chi connectivity index (χ1) is 10.3. The first-order valence-corrected chi connectivity index (χ1v) is 8.69. The third-order valence-corrected chi connectivity index (χ3v) is 4.63. The van der Waals surface area contributed by atoms with Gasteiger partial charge in [-0.05, 0) is 31.4 Å². The number of fused-ring (bicyclic) bond motifs is 1. The lowest BCUT2D eigenvalue weighted by atomic mass is 10.2. The molecule has 0 saturated carbocycles. The molecular weight excluding hydrogens is 284 g/mol. The van der Waals surface area contributed by atoms with Gasteiger partial charge in [-0.3, -0.25) is 0 Å². The molecule has 0 aromatic carbocycles. The number of ether oxygens (including phenoxy) is 2. The van der Waals surface area contributed by atoms with Crippen LogP contribution in [0.1, 0.15) is 24.1 Å². The minimum atomic E-state index is 0.330. The molecule has 4 nitrogen and oxygen atoms in total. The quantitative estimate of drug-likeness (QED) is 0.737. The SMILES string of the molecule is Cc1cccn2cc(CSCCOC[C@H]3CCCO3)nc12. The lowest BCUT2D eigenvalue weighted by Gasteiger charge is -2.09. The van der Waals surface area contributed by atoms with Gasteiger partial charge in [-0.1, -0.05) is 6.07 Å². The second-order valence-electron chi connectivity index (χ2n) is 5.42. The van der Waals surface area contributed by atoms with Crippen LogP contribution in [0.25, 0.3) is 5.65 Å². The van der Waals surface area contributed by atoms with Crippen LogP contribution in [0.4, 0.5) is 0 Å². The number of pyridine rings is 1. The number of nitrogens with zero attached hydrogens (tertiary/aromatic N) is 2. The van der Waals surface area contributed by atoms with Gasteiger partial charge in [-0.25, -0.2) is 4.98 Å². The molecule has 2 aromatic rings. The van der Waals surface area contributed by atoms with Crippen molar-refractivity contribution >= 4 is 17.4 Å². The molecule has 114 valence electrons. The van der Waals surface area contributed by atoms with Crippen molar-refractivity contribution in [2.75, 3.05) is 25.6 Å². The Morgan fingerprint density at radius 1 is 1.52 bits per heavy atom. The van der Waals surface area contributed by atoms with Gasteiger partial charge in [0.25, 0.3) is 0 Å². The zero-order chi connectivity index (χ0) is 14.5. The van der Waals surface area contributed by atoms with E-state index in [4.69, 9.17) is 9.47 Å². The monoisotopic (exact) mass is 306 g/mol. The van der Waals surface area contributed by atoms with Crippen LogP contribution < -0.4 is 0 Å². The van der Waals surface area contributed by atoms with Crippen LogP contribution in [-0.2, 0) is 15.2 Å². The van der Waals surface area contributed by atoms with Gasteiger partial charge < -0.3 is 13.9 Å². The topological polar surface area (TPSA) is 35.8 Å². The second kappa shape index (κ2) is 7.29. The summed E-state index contributed by atoms with van der Waals surface area (Å²) in [7, 11) is 0. The minimum absolute atomic E-state index is 0.330. The largest absolute Gasteiger partial charge is 0.378 e. The van der Waals surface area contributed by atoms with Crippen LogP contribution in [0.15, 0.2) is 24.5 Å². The number of rotatable bonds is 7. The summed E-state index contributed by atoms with van der Waals surface area (Å²) in [6.07, 6.45) is 6.82. The van der Waals surface area contributed by atoms with Gasteiger partial charge >= 0.3 is 0 Å². The average molecular weight is 306 g/mol. The summed E-state index contributed by atoms with van der Waals surface area (Å²) >= 11 is 1.87. The Morgan fingerprint density at radius 3 is 3.29 bits per heavy atom. The Labute approximate surface area is 129 Å². The van der Waals surface area contributed by atoms with Crippen molar-refractivity contribution in [3.8, 4) is 0 Å². The Morgan fingerprint density at radius 2 is 2.48 bits per heavy atom. The maximum atomic E-state index is 5.66. The van der Waals surface area contributed by atoms with Crippen LogP contribution >= 0.6 is 11.8 Å². The number of thioether (sulfide) groups is 1. The molecule has 0 amide bonds. The van der Waals surface area contributed by atoms with Crippen molar-refractivity contribution in [2.45, 2.75) is 31.6 Å². The van der Waals surface area contributed by atoms with E-state index in [9.17, 15) is 0 Å².